The van der Waals surface area contributed by atoms with Gasteiger partial charge in [-0.05, 0) is 31.9 Å². The summed E-state index contributed by atoms with van der Waals surface area (Å²) < 4.78 is 11.4. The van der Waals surface area contributed by atoms with Gasteiger partial charge in [-0.1, -0.05) is 0 Å². The van der Waals surface area contributed by atoms with Gasteiger partial charge in [0.2, 0.25) is 5.89 Å². The number of benzene rings is 1. The highest BCUT2D eigenvalue weighted by Gasteiger charge is 2.27. The van der Waals surface area contributed by atoms with Crippen LogP contribution in [-0.4, -0.2) is 11.1 Å². The summed E-state index contributed by atoms with van der Waals surface area (Å²) in [7, 11) is 0. The Labute approximate surface area is 93.4 Å². The Morgan fingerprint density at radius 3 is 3.00 bits per heavy atom. The normalized spacial score (nSPS) is 25.3. The lowest BCUT2D eigenvalue weighted by molar-refractivity contribution is 0.0401. The van der Waals surface area contributed by atoms with E-state index < -0.39 is 0 Å². The van der Waals surface area contributed by atoms with Crippen molar-refractivity contribution in [1.29, 1.82) is 0 Å². The van der Waals surface area contributed by atoms with Crippen molar-refractivity contribution in [3.63, 3.8) is 0 Å². The molecule has 1 fully saturated rings. The van der Waals surface area contributed by atoms with Gasteiger partial charge in [-0.3, -0.25) is 0 Å². The largest absolute Gasteiger partial charge is 0.438 e. The molecular weight excluding hydrogens is 204 g/mol. The molecule has 0 aliphatic carbocycles. The second kappa shape index (κ2) is 3.49. The van der Waals surface area contributed by atoms with Gasteiger partial charge >= 0.3 is 0 Å². The van der Waals surface area contributed by atoms with Gasteiger partial charge in [-0.25, -0.2) is 4.98 Å². The highest BCUT2D eigenvalue weighted by Crippen LogP contribution is 2.33. The lowest BCUT2D eigenvalue weighted by Crippen LogP contribution is -2.00. The first-order valence-electron chi connectivity index (χ1n) is 5.54. The molecule has 2 heterocycles. The van der Waals surface area contributed by atoms with Gasteiger partial charge in [0.05, 0.1) is 6.10 Å². The Kier molecular flexibility index (Phi) is 2.11. The summed E-state index contributed by atoms with van der Waals surface area (Å²) >= 11 is 0. The van der Waals surface area contributed by atoms with Crippen molar-refractivity contribution in [2.75, 3.05) is 5.73 Å². The number of anilines is 1. The average molecular weight is 218 g/mol. The predicted molar refractivity (Wildman–Crippen MR) is 60.9 cm³/mol. The van der Waals surface area contributed by atoms with Gasteiger partial charge in [0.1, 0.15) is 11.6 Å². The molecule has 0 amide bonds. The number of aromatic nitrogens is 1. The van der Waals surface area contributed by atoms with Gasteiger partial charge in [0, 0.05) is 11.8 Å². The van der Waals surface area contributed by atoms with E-state index in [9.17, 15) is 0 Å². The first kappa shape index (κ1) is 9.66. The molecule has 0 radical (unpaired) electrons. The van der Waals surface area contributed by atoms with Crippen molar-refractivity contribution < 1.29 is 9.15 Å². The van der Waals surface area contributed by atoms with Crippen molar-refractivity contribution >= 4 is 16.8 Å². The van der Waals surface area contributed by atoms with E-state index in [-0.39, 0.29) is 6.10 Å². The Morgan fingerprint density at radius 1 is 1.38 bits per heavy atom. The van der Waals surface area contributed by atoms with E-state index in [1.807, 2.05) is 12.1 Å². The molecule has 2 atom stereocenters. The molecule has 1 aromatic carbocycles. The van der Waals surface area contributed by atoms with E-state index in [0.717, 1.165) is 23.9 Å². The second-order valence-corrected chi connectivity index (χ2v) is 4.29. The van der Waals surface area contributed by atoms with Crippen molar-refractivity contribution in [1.82, 2.24) is 4.98 Å². The highest BCUT2D eigenvalue weighted by molar-refractivity contribution is 5.76. The standard InChI is InChI=1S/C12H14N2O2/c1-7-2-5-10(15-7)12-14-9-4-3-8(13)6-11(9)16-12/h3-4,6-7,10H,2,5,13H2,1H3. The first-order valence-corrected chi connectivity index (χ1v) is 5.54. The van der Waals surface area contributed by atoms with E-state index in [2.05, 4.69) is 11.9 Å². The number of nitrogen functional groups attached to an aromatic ring is 1. The summed E-state index contributed by atoms with van der Waals surface area (Å²) in [5.74, 6) is 0.671. The minimum absolute atomic E-state index is 0.00336. The minimum Gasteiger partial charge on any atom is -0.438 e. The minimum atomic E-state index is 0.00336. The Bertz CT molecular complexity index is 521. The lowest BCUT2D eigenvalue weighted by atomic mass is 10.2. The number of hydrogen-bond acceptors (Lipinski definition) is 4. The number of fused-ring (bicyclic) bond motifs is 1. The van der Waals surface area contributed by atoms with E-state index in [1.165, 1.54) is 0 Å². The van der Waals surface area contributed by atoms with Crippen LogP contribution in [0, 0.1) is 0 Å². The fourth-order valence-corrected chi connectivity index (χ4v) is 2.08. The average Bonchev–Trinajstić information content (AvgIpc) is 2.83. The smallest absolute Gasteiger partial charge is 0.224 e. The first-order chi connectivity index (χ1) is 7.72. The summed E-state index contributed by atoms with van der Waals surface area (Å²) in [5.41, 5.74) is 7.95. The molecule has 1 aliphatic rings. The summed E-state index contributed by atoms with van der Waals surface area (Å²) in [6, 6.07) is 5.49. The van der Waals surface area contributed by atoms with Crippen molar-refractivity contribution in [3.05, 3.63) is 24.1 Å². The monoisotopic (exact) mass is 218 g/mol. The molecular formula is C12H14N2O2. The van der Waals surface area contributed by atoms with Crippen LogP contribution < -0.4 is 5.73 Å². The third-order valence-electron chi connectivity index (χ3n) is 2.94. The molecule has 4 nitrogen and oxygen atoms in total. The molecule has 16 heavy (non-hydrogen) atoms. The fourth-order valence-electron chi connectivity index (χ4n) is 2.08. The predicted octanol–water partition coefficient (Wildman–Crippen LogP) is 2.65. The van der Waals surface area contributed by atoms with Gasteiger partial charge in [0.15, 0.2) is 5.58 Å². The molecule has 1 aliphatic heterocycles. The molecule has 0 saturated carbocycles. The summed E-state index contributed by atoms with van der Waals surface area (Å²) in [6.45, 7) is 2.07. The number of rotatable bonds is 1. The Morgan fingerprint density at radius 2 is 2.25 bits per heavy atom. The molecule has 2 unspecified atom stereocenters. The fraction of sp³-hybridized carbons (Fsp3) is 0.417. The number of nitrogens with zero attached hydrogens (tertiary/aromatic N) is 1. The van der Waals surface area contributed by atoms with Gasteiger partial charge in [-0.2, -0.15) is 0 Å². The highest BCUT2D eigenvalue weighted by atomic mass is 16.5. The molecule has 1 saturated heterocycles. The van der Waals surface area contributed by atoms with Crippen LogP contribution >= 0.6 is 0 Å². The third-order valence-corrected chi connectivity index (χ3v) is 2.94. The van der Waals surface area contributed by atoms with Crippen LogP contribution in [-0.2, 0) is 4.74 Å². The molecule has 84 valence electrons. The van der Waals surface area contributed by atoms with Crippen molar-refractivity contribution in [2.45, 2.75) is 32.0 Å². The molecule has 2 aromatic rings. The number of hydrogen-bond donors (Lipinski definition) is 1. The van der Waals surface area contributed by atoms with E-state index in [1.54, 1.807) is 6.07 Å². The Balaban J connectivity index is 1.99. The number of ether oxygens (including phenoxy) is 1. The van der Waals surface area contributed by atoms with Crippen LogP contribution in [0.3, 0.4) is 0 Å². The number of nitrogens with two attached hydrogens (primary N) is 1. The zero-order valence-electron chi connectivity index (χ0n) is 9.14. The zero-order chi connectivity index (χ0) is 11.1. The summed E-state index contributed by atoms with van der Waals surface area (Å²) in [5, 5.41) is 0. The van der Waals surface area contributed by atoms with Crippen molar-refractivity contribution in [3.8, 4) is 0 Å². The summed E-state index contributed by atoms with van der Waals surface area (Å²) in [4.78, 5) is 4.42. The lowest BCUT2D eigenvalue weighted by Gasteiger charge is -2.05. The topological polar surface area (TPSA) is 61.3 Å². The van der Waals surface area contributed by atoms with Crippen LogP contribution in [0.1, 0.15) is 31.8 Å². The van der Waals surface area contributed by atoms with Crippen LogP contribution in [0.5, 0.6) is 0 Å². The van der Waals surface area contributed by atoms with Crippen molar-refractivity contribution in [2.24, 2.45) is 0 Å². The zero-order valence-corrected chi connectivity index (χ0v) is 9.14. The van der Waals surface area contributed by atoms with E-state index >= 15 is 0 Å². The molecule has 1 aromatic heterocycles. The summed E-state index contributed by atoms with van der Waals surface area (Å²) in [6.07, 6.45) is 2.34. The molecule has 3 rings (SSSR count). The van der Waals surface area contributed by atoms with Gasteiger partial charge < -0.3 is 14.9 Å². The number of oxazole rings is 1. The maximum atomic E-state index is 5.72. The SMILES string of the molecule is CC1CCC(c2nc3ccc(N)cc3o2)O1. The van der Waals surface area contributed by atoms with Crippen LogP contribution in [0.4, 0.5) is 5.69 Å². The maximum Gasteiger partial charge on any atom is 0.224 e. The van der Waals surface area contributed by atoms with E-state index in [4.69, 9.17) is 14.9 Å². The van der Waals surface area contributed by atoms with Gasteiger partial charge in [0.25, 0.3) is 0 Å². The molecule has 4 heteroatoms. The van der Waals surface area contributed by atoms with Crippen LogP contribution in [0.25, 0.3) is 11.1 Å². The third kappa shape index (κ3) is 1.55. The Hall–Kier alpha value is -1.55. The quantitative estimate of drug-likeness (QED) is 0.747. The van der Waals surface area contributed by atoms with Crippen LogP contribution in [0.2, 0.25) is 0 Å². The van der Waals surface area contributed by atoms with E-state index in [0.29, 0.717) is 17.7 Å². The second-order valence-electron chi connectivity index (χ2n) is 4.29. The molecule has 2 N–H and O–H groups in total. The van der Waals surface area contributed by atoms with Crippen LogP contribution in [0.15, 0.2) is 22.6 Å². The van der Waals surface area contributed by atoms with Gasteiger partial charge in [-0.15, -0.1) is 0 Å². The molecule has 0 spiro atoms. The maximum absolute atomic E-state index is 5.72. The molecule has 0 bridgehead atoms.